The van der Waals surface area contributed by atoms with Gasteiger partial charge in [-0.3, -0.25) is 0 Å². The van der Waals surface area contributed by atoms with Crippen molar-refractivity contribution < 1.29 is 4.74 Å². The van der Waals surface area contributed by atoms with Crippen molar-refractivity contribution in [3.05, 3.63) is 71.8 Å². The molecule has 0 bridgehead atoms. The fraction of sp³-hybridized carbons (Fsp3) is 0.455. The third kappa shape index (κ3) is 3.84. The molecule has 0 unspecified atom stereocenters. The smallest absolute Gasteiger partial charge is 0.0525 e. The van der Waals surface area contributed by atoms with Crippen LogP contribution >= 0.6 is 0 Å². The Bertz CT molecular complexity index is 566. The summed E-state index contributed by atoms with van der Waals surface area (Å²) in [6.45, 7) is 1.89. The number of hydrogen-bond acceptors (Lipinski definition) is 1. The standard InChI is InChI=1S/C22H26O/c1-3-7-19(8-4-1)15-21(11-12-21)17-23-18-22(13-14-22)16-20-9-5-2-6-10-20/h1-10H,11-18H2. The molecule has 2 aromatic carbocycles. The van der Waals surface area contributed by atoms with Crippen molar-refractivity contribution in [2.75, 3.05) is 13.2 Å². The lowest BCUT2D eigenvalue weighted by Crippen LogP contribution is -2.20. The molecular formula is C22H26O. The van der Waals surface area contributed by atoms with Crippen LogP contribution in [0.1, 0.15) is 36.8 Å². The average Bonchev–Trinajstić information content (AvgIpc) is 3.49. The van der Waals surface area contributed by atoms with Crippen LogP contribution in [0.4, 0.5) is 0 Å². The van der Waals surface area contributed by atoms with E-state index in [0.29, 0.717) is 10.8 Å². The summed E-state index contributed by atoms with van der Waals surface area (Å²) in [5, 5.41) is 0. The van der Waals surface area contributed by atoms with Crippen LogP contribution in [0, 0.1) is 10.8 Å². The number of hydrogen-bond donors (Lipinski definition) is 0. The Morgan fingerprint density at radius 2 is 1.00 bits per heavy atom. The predicted octanol–water partition coefficient (Wildman–Crippen LogP) is 5.05. The molecule has 1 nitrogen and oxygen atoms in total. The van der Waals surface area contributed by atoms with Gasteiger partial charge in [-0.1, -0.05) is 60.7 Å². The fourth-order valence-electron chi connectivity index (χ4n) is 3.64. The molecule has 4 rings (SSSR count). The Morgan fingerprint density at radius 1 is 0.609 bits per heavy atom. The molecule has 0 radical (unpaired) electrons. The highest BCUT2D eigenvalue weighted by atomic mass is 16.5. The first-order valence-electron chi connectivity index (χ1n) is 8.93. The van der Waals surface area contributed by atoms with Crippen molar-refractivity contribution in [3.8, 4) is 0 Å². The van der Waals surface area contributed by atoms with Crippen molar-refractivity contribution in [2.24, 2.45) is 10.8 Å². The Labute approximate surface area is 139 Å². The molecule has 0 amide bonds. The number of benzene rings is 2. The van der Waals surface area contributed by atoms with Gasteiger partial charge in [-0.2, -0.15) is 0 Å². The number of rotatable bonds is 8. The molecule has 2 aromatic rings. The van der Waals surface area contributed by atoms with E-state index in [1.165, 1.54) is 49.7 Å². The molecule has 2 aliphatic carbocycles. The van der Waals surface area contributed by atoms with Crippen LogP contribution in [0.3, 0.4) is 0 Å². The summed E-state index contributed by atoms with van der Waals surface area (Å²) in [6.07, 6.45) is 7.67. The van der Waals surface area contributed by atoms with Gasteiger partial charge in [-0.15, -0.1) is 0 Å². The molecule has 1 heteroatoms. The van der Waals surface area contributed by atoms with Crippen LogP contribution in [0.15, 0.2) is 60.7 Å². The molecule has 0 spiro atoms. The van der Waals surface area contributed by atoms with Gasteiger partial charge in [0.2, 0.25) is 0 Å². The molecule has 2 fully saturated rings. The van der Waals surface area contributed by atoms with Crippen molar-refractivity contribution in [1.82, 2.24) is 0 Å². The van der Waals surface area contributed by atoms with Crippen molar-refractivity contribution >= 4 is 0 Å². The first-order chi connectivity index (χ1) is 11.3. The van der Waals surface area contributed by atoms with E-state index in [9.17, 15) is 0 Å². The third-order valence-corrected chi connectivity index (χ3v) is 5.57. The maximum Gasteiger partial charge on any atom is 0.0525 e. The first-order valence-corrected chi connectivity index (χ1v) is 8.93. The molecular weight excluding hydrogens is 280 g/mol. The molecule has 0 aliphatic heterocycles. The van der Waals surface area contributed by atoms with Gasteiger partial charge < -0.3 is 4.74 Å². The monoisotopic (exact) mass is 306 g/mol. The Kier molecular flexibility index (Phi) is 3.98. The largest absolute Gasteiger partial charge is 0.380 e. The lowest BCUT2D eigenvalue weighted by Gasteiger charge is -2.20. The second-order valence-electron chi connectivity index (χ2n) is 7.82. The summed E-state index contributed by atoms with van der Waals surface area (Å²) >= 11 is 0. The molecule has 0 atom stereocenters. The third-order valence-electron chi connectivity index (χ3n) is 5.57. The summed E-state index contributed by atoms with van der Waals surface area (Å²) in [6, 6.07) is 21.8. The van der Waals surface area contributed by atoms with Crippen molar-refractivity contribution in [3.63, 3.8) is 0 Å². The van der Waals surface area contributed by atoms with E-state index in [1.54, 1.807) is 0 Å². The summed E-state index contributed by atoms with van der Waals surface area (Å²) in [5.74, 6) is 0. The maximum atomic E-state index is 6.23. The van der Waals surface area contributed by atoms with E-state index in [-0.39, 0.29) is 0 Å². The number of ether oxygens (including phenoxy) is 1. The van der Waals surface area contributed by atoms with E-state index in [0.717, 1.165) is 13.2 Å². The molecule has 0 heterocycles. The summed E-state index contributed by atoms with van der Waals surface area (Å²) in [5.41, 5.74) is 3.78. The molecule has 2 aliphatic rings. The zero-order valence-electron chi connectivity index (χ0n) is 13.8. The minimum Gasteiger partial charge on any atom is -0.380 e. The van der Waals surface area contributed by atoms with Gasteiger partial charge in [0, 0.05) is 0 Å². The van der Waals surface area contributed by atoms with Crippen LogP contribution < -0.4 is 0 Å². The lowest BCUT2D eigenvalue weighted by molar-refractivity contribution is 0.0558. The molecule has 2 saturated carbocycles. The van der Waals surface area contributed by atoms with Crippen LogP contribution in [-0.4, -0.2) is 13.2 Å². The Morgan fingerprint density at radius 3 is 1.35 bits per heavy atom. The second kappa shape index (κ2) is 6.13. The van der Waals surface area contributed by atoms with E-state index in [1.807, 2.05) is 0 Å². The lowest BCUT2D eigenvalue weighted by atomic mass is 9.96. The highest BCUT2D eigenvalue weighted by Gasteiger charge is 2.46. The summed E-state index contributed by atoms with van der Waals surface area (Å²) in [7, 11) is 0. The summed E-state index contributed by atoms with van der Waals surface area (Å²) in [4.78, 5) is 0. The van der Waals surface area contributed by atoms with E-state index < -0.39 is 0 Å². The van der Waals surface area contributed by atoms with Gasteiger partial charge in [0.05, 0.1) is 13.2 Å². The molecule has 120 valence electrons. The van der Waals surface area contributed by atoms with Crippen LogP contribution in [-0.2, 0) is 17.6 Å². The minimum atomic E-state index is 0.435. The second-order valence-corrected chi connectivity index (χ2v) is 7.82. The van der Waals surface area contributed by atoms with E-state index in [2.05, 4.69) is 60.7 Å². The Hall–Kier alpha value is -1.60. The van der Waals surface area contributed by atoms with Crippen LogP contribution in [0.2, 0.25) is 0 Å². The van der Waals surface area contributed by atoms with Crippen molar-refractivity contribution in [2.45, 2.75) is 38.5 Å². The maximum absolute atomic E-state index is 6.23. The zero-order chi connectivity index (χ0) is 15.6. The van der Waals surface area contributed by atoms with Gasteiger partial charge in [0.1, 0.15) is 0 Å². The highest BCUT2D eigenvalue weighted by molar-refractivity contribution is 5.20. The molecule has 0 N–H and O–H groups in total. The van der Waals surface area contributed by atoms with E-state index >= 15 is 0 Å². The van der Waals surface area contributed by atoms with Crippen LogP contribution in [0.25, 0.3) is 0 Å². The van der Waals surface area contributed by atoms with Gasteiger partial charge >= 0.3 is 0 Å². The minimum absolute atomic E-state index is 0.435. The van der Waals surface area contributed by atoms with Gasteiger partial charge in [0.25, 0.3) is 0 Å². The quantitative estimate of drug-likeness (QED) is 0.663. The predicted molar refractivity (Wildman–Crippen MR) is 94.4 cm³/mol. The van der Waals surface area contributed by atoms with Gasteiger partial charge in [-0.05, 0) is 60.5 Å². The first kappa shape index (κ1) is 15.0. The average molecular weight is 306 g/mol. The SMILES string of the molecule is c1ccc(CC2(COCC3(Cc4ccccc4)CC3)CC2)cc1. The van der Waals surface area contributed by atoms with Crippen LogP contribution in [0.5, 0.6) is 0 Å². The molecule has 0 aromatic heterocycles. The van der Waals surface area contributed by atoms with Crippen molar-refractivity contribution in [1.29, 1.82) is 0 Å². The normalized spacial score (nSPS) is 20.2. The highest BCUT2D eigenvalue weighted by Crippen LogP contribution is 2.51. The summed E-state index contributed by atoms with van der Waals surface area (Å²) < 4.78 is 6.23. The molecule has 23 heavy (non-hydrogen) atoms. The Balaban J connectivity index is 1.27. The fourth-order valence-corrected chi connectivity index (χ4v) is 3.64. The zero-order valence-corrected chi connectivity index (χ0v) is 13.8. The van der Waals surface area contributed by atoms with E-state index in [4.69, 9.17) is 4.74 Å². The van der Waals surface area contributed by atoms with Gasteiger partial charge in [-0.25, -0.2) is 0 Å². The molecule has 0 saturated heterocycles. The topological polar surface area (TPSA) is 9.23 Å². The van der Waals surface area contributed by atoms with Gasteiger partial charge in [0.15, 0.2) is 0 Å².